The number of carboxylic acid groups (broad SMARTS) is 1. The standard InChI is InChI=1S/C15H17F3N2O2/c16-15(17,18)12-2-1-10(9-19-12)11-7-14(8-11)3-5-20(6-4-14)13(21)22/h1-2,9,11H,3-8H2,(H,21,22)/p-1. The van der Waals surface area contributed by atoms with Crippen molar-refractivity contribution in [1.82, 2.24) is 9.88 Å². The normalized spacial score (nSPS) is 21.7. The van der Waals surface area contributed by atoms with E-state index in [0.717, 1.165) is 37.3 Å². The lowest BCUT2D eigenvalue weighted by molar-refractivity contribution is -0.267. The van der Waals surface area contributed by atoms with E-state index in [1.165, 1.54) is 17.2 Å². The lowest BCUT2D eigenvalue weighted by Crippen LogP contribution is -2.51. The predicted octanol–water partition coefficient (Wildman–Crippen LogP) is 2.40. The number of halogens is 3. The van der Waals surface area contributed by atoms with E-state index in [1.54, 1.807) is 0 Å². The fourth-order valence-electron chi connectivity index (χ4n) is 3.61. The summed E-state index contributed by atoms with van der Waals surface area (Å²) >= 11 is 0. The van der Waals surface area contributed by atoms with Crippen LogP contribution in [0.25, 0.3) is 0 Å². The molecule has 0 N–H and O–H groups in total. The van der Waals surface area contributed by atoms with Crippen molar-refractivity contribution in [3.63, 3.8) is 0 Å². The Labute approximate surface area is 126 Å². The van der Waals surface area contributed by atoms with E-state index in [1.807, 2.05) is 0 Å². The Morgan fingerprint density at radius 1 is 1.27 bits per heavy atom. The highest BCUT2D eigenvalue weighted by Crippen LogP contribution is 2.56. The van der Waals surface area contributed by atoms with Crippen molar-refractivity contribution in [3.05, 3.63) is 29.6 Å². The van der Waals surface area contributed by atoms with Crippen LogP contribution in [-0.2, 0) is 6.18 Å². The van der Waals surface area contributed by atoms with Crippen molar-refractivity contribution in [3.8, 4) is 0 Å². The number of alkyl halides is 3. The van der Waals surface area contributed by atoms with Gasteiger partial charge in [-0.3, -0.25) is 4.98 Å². The van der Waals surface area contributed by atoms with Gasteiger partial charge in [0.15, 0.2) is 0 Å². The predicted molar refractivity (Wildman–Crippen MR) is 69.9 cm³/mol. The summed E-state index contributed by atoms with van der Waals surface area (Å²) in [5.74, 6) is 0.226. The molecule has 22 heavy (non-hydrogen) atoms. The summed E-state index contributed by atoms with van der Waals surface area (Å²) in [4.78, 5) is 15.6. The van der Waals surface area contributed by atoms with E-state index < -0.39 is 18.0 Å². The van der Waals surface area contributed by atoms with Gasteiger partial charge in [0.25, 0.3) is 0 Å². The number of hydrogen-bond acceptors (Lipinski definition) is 3. The van der Waals surface area contributed by atoms with E-state index in [2.05, 4.69) is 4.98 Å². The number of rotatable bonds is 1. The monoisotopic (exact) mass is 313 g/mol. The van der Waals surface area contributed by atoms with E-state index in [-0.39, 0.29) is 11.3 Å². The molecule has 1 amide bonds. The van der Waals surface area contributed by atoms with E-state index in [9.17, 15) is 23.1 Å². The molecule has 1 saturated carbocycles. The summed E-state index contributed by atoms with van der Waals surface area (Å²) in [5.41, 5.74) is 0.104. The summed E-state index contributed by atoms with van der Waals surface area (Å²) in [6.07, 6.45) is -0.843. The quantitative estimate of drug-likeness (QED) is 0.800. The van der Waals surface area contributed by atoms with Crippen LogP contribution < -0.4 is 5.11 Å². The topological polar surface area (TPSA) is 56.3 Å². The van der Waals surface area contributed by atoms with Crippen molar-refractivity contribution in [2.24, 2.45) is 5.41 Å². The van der Waals surface area contributed by atoms with Crippen LogP contribution in [0.15, 0.2) is 18.3 Å². The maximum atomic E-state index is 12.5. The average Bonchev–Trinajstić information content (AvgIpc) is 2.44. The lowest BCUT2D eigenvalue weighted by atomic mass is 9.56. The number of hydrogen-bond donors (Lipinski definition) is 0. The Balaban J connectivity index is 1.59. The van der Waals surface area contributed by atoms with Gasteiger partial charge in [0.2, 0.25) is 0 Å². The molecule has 2 aliphatic rings. The second kappa shape index (κ2) is 5.14. The first-order valence-corrected chi connectivity index (χ1v) is 7.28. The summed E-state index contributed by atoms with van der Waals surface area (Å²) in [6, 6.07) is 2.53. The Morgan fingerprint density at radius 2 is 1.91 bits per heavy atom. The smallest absolute Gasteiger partial charge is 0.433 e. The second-order valence-corrected chi connectivity index (χ2v) is 6.33. The van der Waals surface area contributed by atoms with Gasteiger partial charge in [-0.1, -0.05) is 6.07 Å². The molecule has 1 aromatic rings. The molecule has 2 heterocycles. The largest absolute Gasteiger partial charge is 0.530 e. The third-order valence-electron chi connectivity index (χ3n) is 4.99. The first-order chi connectivity index (χ1) is 10.3. The van der Waals surface area contributed by atoms with Crippen LogP contribution >= 0.6 is 0 Å². The summed E-state index contributed by atoms with van der Waals surface area (Å²) in [7, 11) is 0. The first kappa shape index (κ1) is 15.1. The number of carbonyl (C=O) groups excluding carboxylic acids is 1. The number of aromatic nitrogens is 1. The number of nitrogens with zero attached hydrogens (tertiary/aromatic N) is 2. The van der Waals surface area contributed by atoms with Gasteiger partial charge in [0.05, 0.1) is 0 Å². The number of piperidine rings is 1. The van der Waals surface area contributed by atoms with E-state index >= 15 is 0 Å². The maximum Gasteiger partial charge on any atom is 0.433 e. The molecule has 7 heteroatoms. The van der Waals surface area contributed by atoms with Gasteiger partial charge >= 0.3 is 6.18 Å². The highest BCUT2D eigenvalue weighted by atomic mass is 19.4. The van der Waals surface area contributed by atoms with Crippen LogP contribution in [-0.4, -0.2) is 29.1 Å². The number of amides is 1. The molecule has 120 valence electrons. The zero-order valence-corrected chi connectivity index (χ0v) is 11.9. The van der Waals surface area contributed by atoms with Gasteiger partial charge < -0.3 is 14.8 Å². The molecule has 1 aliphatic heterocycles. The Kier molecular flexibility index (Phi) is 3.53. The Hall–Kier alpha value is -1.79. The maximum absolute atomic E-state index is 12.5. The zero-order valence-electron chi connectivity index (χ0n) is 11.9. The van der Waals surface area contributed by atoms with Crippen LogP contribution in [0.1, 0.15) is 42.9 Å². The molecule has 0 aromatic carbocycles. The molecule has 3 rings (SSSR count). The fourth-order valence-corrected chi connectivity index (χ4v) is 3.61. The third-order valence-corrected chi connectivity index (χ3v) is 4.99. The Bertz CT molecular complexity index is 555. The minimum absolute atomic E-state index is 0.138. The van der Waals surface area contributed by atoms with Gasteiger partial charge in [0, 0.05) is 19.3 Å². The van der Waals surface area contributed by atoms with Crippen molar-refractivity contribution in [1.29, 1.82) is 0 Å². The first-order valence-electron chi connectivity index (χ1n) is 7.28. The Morgan fingerprint density at radius 3 is 2.36 bits per heavy atom. The van der Waals surface area contributed by atoms with Crippen molar-refractivity contribution >= 4 is 6.09 Å². The van der Waals surface area contributed by atoms with Gasteiger partial charge in [-0.05, 0) is 48.6 Å². The summed E-state index contributed by atoms with van der Waals surface area (Å²) < 4.78 is 37.5. The molecule has 2 fully saturated rings. The molecule has 1 aromatic heterocycles. The van der Waals surface area contributed by atoms with Crippen molar-refractivity contribution < 1.29 is 23.1 Å². The minimum Gasteiger partial charge on any atom is -0.530 e. The zero-order chi connectivity index (χ0) is 16.0. The molecule has 1 saturated heterocycles. The number of pyridine rings is 1. The SMILES string of the molecule is O=C([O-])N1CCC2(CC1)CC(c1ccc(C(F)(F)F)nc1)C2. The highest BCUT2D eigenvalue weighted by molar-refractivity contribution is 5.62. The third kappa shape index (κ3) is 2.76. The average molecular weight is 313 g/mol. The second-order valence-electron chi connectivity index (χ2n) is 6.33. The lowest BCUT2D eigenvalue weighted by Gasteiger charge is -2.52. The van der Waals surface area contributed by atoms with E-state index in [4.69, 9.17) is 0 Å². The molecule has 0 bridgehead atoms. The van der Waals surface area contributed by atoms with Crippen LogP contribution in [0.4, 0.5) is 18.0 Å². The highest BCUT2D eigenvalue weighted by Gasteiger charge is 2.46. The molecular formula is C15H16F3N2O2-. The van der Waals surface area contributed by atoms with Gasteiger partial charge in [-0.25, -0.2) is 0 Å². The van der Waals surface area contributed by atoms with E-state index in [0.29, 0.717) is 13.1 Å². The molecular weight excluding hydrogens is 297 g/mol. The molecule has 0 atom stereocenters. The molecule has 0 radical (unpaired) electrons. The van der Waals surface area contributed by atoms with Crippen LogP contribution in [0.2, 0.25) is 0 Å². The van der Waals surface area contributed by atoms with Gasteiger partial charge in [-0.15, -0.1) is 0 Å². The van der Waals surface area contributed by atoms with Crippen molar-refractivity contribution in [2.45, 2.75) is 37.8 Å². The molecule has 1 spiro atoms. The fraction of sp³-hybridized carbons (Fsp3) is 0.600. The summed E-state index contributed by atoms with van der Waals surface area (Å²) in [6.45, 7) is 0.973. The van der Waals surface area contributed by atoms with Crippen LogP contribution in [0.5, 0.6) is 0 Å². The molecule has 4 nitrogen and oxygen atoms in total. The van der Waals surface area contributed by atoms with Crippen LogP contribution in [0, 0.1) is 5.41 Å². The van der Waals surface area contributed by atoms with Gasteiger partial charge in [-0.2, -0.15) is 13.2 Å². The summed E-state index contributed by atoms with van der Waals surface area (Å²) in [5, 5.41) is 10.8. The van der Waals surface area contributed by atoms with Gasteiger partial charge in [0.1, 0.15) is 11.8 Å². The number of carbonyl (C=O) groups is 1. The van der Waals surface area contributed by atoms with Crippen LogP contribution in [0.3, 0.4) is 0 Å². The number of likely N-dealkylation sites (tertiary alicyclic amines) is 1. The molecule has 1 aliphatic carbocycles. The minimum atomic E-state index is -4.41. The van der Waals surface area contributed by atoms with Crippen molar-refractivity contribution in [2.75, 3.05) is 13.1 Å². The molecule has 0 unspecified atom stereocenters.